The van der Waals surface area contributed by atoms with Crippen molar-refractivity contribution in [3.8, 4) is 0 Å². The number of hydrogen-bond acceptors (Lipinski definition) is 5. The summed E-state index contributed by atoms with van der Waals surface area (Å²) in [6, 6.07) is 3.85. The Kier molecular flexibility index (Phi) is 7.81. The number of hydrogen-bond donors (Lipinski definition) is 1. The summed E-state index contributed by atoms with van der Waals surface area (Å²) in [4.78, 5) is 0. The standard InChI is InChI=1S/C8H12NO.C2F6NO4S2/c1-2-9-5-3-4-8(6-9)7-10;3-1(4,5)14(10,11)9-15(12,13)2(6,7)8/h3-6,10H,2,7H2,1H3;/q+1;-1. The fraction of sp³-hybridized carbons (Fsp3) is 0.500. The lowest BCUT2D eigenvalue weighted by molar-refractivity contribution is -0.694. The summed E-state index contributed by atoms with van der Waals surface area (Å²) < 4.78 is 111. The number of halogens is 6. The minimum Gasteiger partial charge on any atom is -0.421 e. The maximum absolute atomic E-state index is 11.4. The predicted octanol–water partition coefficient (Wildman–Crippen LogP) is 1.55. The van der Waals surface area contributed by atoms with E-state index in [0.29, 0.717) is 0 Å². The van der Waals surface area contributed by atoms with Gasteiger partial charge in [0.15, 0.2) is 32.4 Å². The van der Waals surface area contributed by atoms with Crippen LogP contribution in [0.4, 0.5) is 26.3 Å². The third-order valence-corrected chi connectivity index (χ3v) is 4.99. The normalized spacial score (nSPS) is 13.1. The smallest absolute Gasteiger partial charge is 0.421 e. The van der Waals surface area contributed by atoms with Crippen LogP contribution in [0.15, 0.2) is 24.5 Å². The Bertz CT molecular complexity index is 712. The van der Waals surface area contributed by atoms with E-state index in [0.717, 1.165) is 16.2 Å². The number of sulfonamides is 2. The molecule has 1 aromatic rings. The fourth-order valence-corrected chi connectivity index (χ4v) is 2.79. The topological polar surface area (TPSA) is 106 Å². The lowest BCUT2D eigenvalue weighted by Crippen LogP contribution is -2.31. The SMILES string of the molecule is CC[n+]1cccc(CO)c1.O=S(=O)([N-]S(=O)(=O)C(F)(F)F)C(F)(F)F. The average Bonchev–Trinajstić information content (AvgIpc) is 2.44. The summed E-state index contributed by atoms with van der Waals surface area (Å²) in [6.07, 6.45) is 3.93. The van der Waals surface area contributed by atoms with Crippen LogP contribution in [-0.4, -0.2) is 33.0 Å². The molecule has 1 rings (SSSR count). The molecule has 0 saturated heterocycles. The highest BCUT2D eigenvalue weighted by molar-refractivity contribution is 8.13. The van der Waals surface area contributed by atoms with Crippen LogP contribution in [-0.2, 0) is 33.2 Å². The molecule has 0 spiro atoms. The molecule has 7 nitrogen and oxygen atoms in total. The maximum atomic E-state index is 11.4. The van der Waals surface area contributed by atoms with E-state index < -0.39 is 31.1 Å². The van der Waals surface area contributed by atoms with Gasteiger partial charge >= 0.3 is 11.0 Å². The molecule has 1 N–H and O–H groups in total. The number of nitrogens with zero attached hydrogens (tertiary/aromatic N) is 2. The molecule has 0 saturated carbocycles. The zero-order chi connectivity index (χ0) is 20.1. The molecule has 0 unspecified atom stereocenters. The van der Waals surface area contributed by atoms with E-state index in [4.69, 9.17) is 5.11 Å². The summed E-state index contributed by atoms with van der Waals surface area (Å²) in [7, 11) is -13.4. The molecule has 15 heteroatoms. The summed E-state index contributed by atoms with van der Waals surface area (Å²) in [6.45, 7) is 3.15. The lowest BCUT2D eigenvalue weighted by atomic mass is 10.3. The van der Waals surface area contributed by atoms with Crippen molar-refractivity contribution in [3.05, 3.63) is 34.2 Å². The molecule has 0 bridgehead atoms. The van der Waals surface area contributed by atoms with Gasteiger partial charge in [-0.3, -0.25) is 0 Å². The average molecular weight is 418 g/mol. The van der Waals surface area contributed by atoms with E-state index in [2.05, 4.69) is 6.92 Å². The first kappa shape index (κ1) is 23.5. The zero-order valence-electron chi connectivity index (χ0n) is 12.3. The van der Waals surface area contributed by atoms with Gasteiger partial charge in [-0.25, -0.2) is 21.4 Å². The van der Waals surface area contributed by atoms with Crippen LogP contribution in [0.3, 0.4) is 0 Å². The van der Waals surface area contributed by atoms with E-state index in [9.17, 15) is 43.2 Å². The number of rotatable bonds is 4. The van der Waals surface area contributed by atoms with Gasteiger partial charge in [-0.2, -0.15) is 26.3 Å². The van der Waals surface area contributed by atoms with Gasteiger partial charge in [0.05, 0.1) is 6.61 Å². The van der Waals surface area contributed by atoms with Crippen LogP contribution in [0, 0.1) is 0 Å². The van der Waals surface area contributed by atoms with Gasteiger partial charge in [0.25, 0.3) is 0 Å². The second-order valence-electron chi connectivity index (χ2n) is 4.12. The van der Waals surface area contributed by atoms with Crippen LogP contribution < -0.4 is 4.57 Å². The first-order valence-corrected chi connectivity index (χ1v) is 8.91. The predicted molar refractivity (Wildman–Crippen MR) is 71.5 cm³/mol. The van der Waals surface area contributed by atoms with Crippen molar-refractivity contribution in [1.82, 2.24) is 0 Å². The second-order valence-corrected chi connectivity index (χ2v) is 7.54. The van der Waals surface area contributed by atoms with Gasteiger partial charge in [-0.1, -0.05) is 0 Å². The Balaban J connectivity index is 0.000000496. The molecule has 1 heterocycles. The van der Waals surface area contributed by atoms with Crippen molar-refractivity contribution in [1.29, 1.82) is 0 Å². The summed E-state index contributed by atoms with van der Waals surface area (Å²) in [5, 5.41) is 8.74. The van der Waals surface area contributed by atoms with E-state index >= 15 is 0 Å². The summed E-state index contributed by atoms with van der Waals surface area (Å²) >= 11 is 0. The lowest BCUT2D eigenvalue weighted by Gasteiger charge is -2.22. The monoisotopic (exact) mass is 418 g/mol. The molecule has 0 aliphatic carbocycles. The molecule has 0 atom stereocenters. The molecule has 25 heavy (non-hydrogen) atoms. The van der Waals surface area contributed by atoms with Crippen LogP contribution >= 0.6 is 0 Å². The van der Waals surface area contributed by atoms with Crippen LogP contribution in [0.5, 0.6) is 0 Å². The number of aliphatic hydroxyl groups is 1. The van der Waals surface area contributed by atoms with E-state index in [-0.39, 0.29) is 6.61 Å². The fourth-order valence-electron chi connectivity index (χ4n) is 1.08. The highest BCUT2D eigenvalue weighted by Crippen LogP contribution is 2.36. The number of pyridine rings is 1. The summed E-state index contributed by atoms with van der Waals surface area (Å²) in [5.41, 5.74) is -11.4. The number of aliphatic hydroxyl groups excluding tert-OH is 1. The van der Waals surface area contributed by atoms with Gasteiger partial charge in [0, 0.05) is 11.6 Å². The molecule has 0 amide bonds. The Labute approximate surface area is 139 Å². The van der Waals surface area contributed by atoms with Gasteiger partial charge in [0.2, 0.25) is 0 Å². The molecular weight excluding hydrogens is 406 g/mol. The van der Waals surface area contributed by atoms with Crippen molar-refractivity contribution in [2.45, 2.75) is 31.1 Å². The molecule has 146 valence electrons. The van der Waals surface area contributed by atoms with Gasteiger partial charge < -0.3 is 9.23 Å². The molecule has 0 fully saturated rings. The molecule has 1 aromatic heterocycles. The minimum absolute atomic E-state index is 0.126. The van der Waals surface area contributed by atoms with Crippen LogP contribution in [0.2, 0.25) is 0 Å². The second kappa shape index (κ2) is 8.29. The third kappa shape index (κ3) is 7.13. The minimum atomic E-state index is -6.72. The van der Waals surface area contributed by atoms with Crippen molar-refractivity contribution in [3.63, 3.8) is 0 Å². The maximum Gasteiger partial charge on any atom is 0.480 e. The van der Waals surface area contributed by atoms with Gasteiger partial charge in [-0.15, -0.1) is 0 Å². The third-order valence-electron chi connectivity index (χ3n) is 2.25. The highest BCUT2D eigenvalue weighted by atomic mass is 32.3. The van der Waals surface area contributed by atoms with Gasteiger partial charge in [-0.05, 0) is 13.0 Å². The van der Waals surface area contributed by atoms with Crippen LogP contribution in [0.1, 0.15) is 12.5 Å². The highest BCUT2D eigenvalue weighted by Gasteiger charge is 2.46. The van der Waals surface area contributed by atoms with E-state index in [1.165, 1.54) is 0 Å². The molecular formula is C10H12F6N2O5S2. The molecule has 0 aliphatic heterocycles. The van der Waals surface area contributed by atoms with Crippen molar-refractivity contribution in [2.75, 3.05) is 0 Å². The number of alkyl halides is 6. The quantitative estimate of drug-likeness (QED) is 0.590. The summed E-state index contributed by atoms with van der Waals surface area (Å²) in [5.74, 6) is 0. The van der Waals surface area contributed by atoms with E-state index in [1.54, 1.807) is 0 Å². The molecule has 0 aliphatic rings. The Morgan fingerprint density at radius 1 is 1.04 bits per heavy atom. The Morgan fingerprint density at radius 2 is 1.48 bits per heavy atom. The van der Waals surface area contributed by atoms with E-state index in [1.807, 2.05) is 29.1 Å². The van der Waals surface area contributed by atoms with Gasteiger partial charge in [0.1, 0.15) is 6.54 Å². The zero-order valence-corrected chi connectivity index (χ0v) is 13.9. The first-order valence-electron chi connectivity index (χ1n) is 6.03. The van der Waals surface area contributed by atoms with Crippen LogP contribution in [0.25, 0.3) is 4.13 Å². The number of aryl methyl sites for hydroxylation is 1. The van der Waals surface area contributed by atoms with Crippen molar-refractivity contribution >= 4 is 20.0 Å². The van der Waals surface area contributed by atoms with Crippen molar-refractivity contribution < 1.29 is 52.9 Å². The number of aromatic nitrogens is 1. The van der Waals surface area contributed by atoms with Crippen molar-refractivity contribution in [2.24, 2.45) is 0 Å². The Hall–Kier alpha value is -1.45. The first-order chi connectivity index (χ1) is 11.1. The molecule has 0 aromatic carbocycles. The largest absolute Gasteiger partial charge is 0.480 e. The Morgan fingerprint density at radius 3 is 1.80 bits per heavy atom. The molecule has 0 radical (unpaired) electrons.